The second-order valence-corrected chi connectivity index (χ2v) is 5.85. The van der Waals surface area contributed by atoms with Gasteiger partial charge in [0, 0.05) is 18.1 Å². The fourth-order valence-corrected chi connectivity index (χ4v) is 2.64. The number of carbonyl (C=O) groups excluding carboxylic acids is 1. The van der Waals surface area contributed by atoms with Crippen LogP contribution in [0.2, 0.25) is 5.02 Å². The van der Waals surface area contributed by atoms with Crippen molar-refractivity contribution < 1.29 is 4.79 Å². The maximum atomic E-state index is 12.4. The Hall–Kier alpha value is -1.48. The van der Waals surface area contributed by atoms with E-state index in [1.807, 2.05) is 29.2 Å². The van der Waals surface area contributed by atoms with Gasteiger partial charge in [0.1, 0.15) is 0 Å². The summed E-state index contributed by atoms with van der Waals surface area (Å²) < 4.78 is 0. The maximum Gasteiger partial charge on any atom is 0.318 e. The van der Waals surface area contributed by atoms with E-state index < -0.39 is 0 Å². The molecule has 2 amide bonds. The highest BCUT2D eigenvalue weighted by Crippen LogP contribution is 2.20. The Kier molecular flexibility index (Phi) is 6.12. The van der Waals surface area contributed by atoms with E-state index >= 15 is 0 Å². The Bertz CT molecular complexity index is 484. The topological polar surface area (TPSA) is 32.3 Å². The molecule has 3 nitrogen and oxygen atoms in total. The molecule has 0 bridgehead atoms. The Morgan fingerprint density at radius 1 is 1.38 bits per heavy atom. The molecule has 0 heterocycles. The lowest BCUT2D eigenvalue weighted by atomic mass is 10.0. The largest absolute Gasteiger partial charge is 0.338 e. The van der Waals surface area contributed by atoms with Crippen LogP contribution in [-0.4, -0.2) is 23.5 Å². The van der Waals surface area contributed by atoms with Gasteiger partial charge in [0.05, 0.1) is 6.04 Å². The van der Waals surface area contributed by atoms with E-state index in [0.29, 0.717) is 13.1 Å². The van der Waals surface area contributed by atoms with Crippen molar-refractivity contribution in [1.82, 2.24) is 10.2 Å². The predicted molar refractivity (Wildman–Crippen MR) is 87.5 cm³/mol. The van der Waals surface area contributed by atoms with Crippen molar-refractivity contribution in [3.05, 3.63) is 47.0 Å². The van der Waals surface area contributed by atoms with Crippen molar-refractivity contribution in [1.29, 1.82) is 0 Å². The van der Waals surface area contributed by atoms with E-state index in [1.165, 1.54) is 0 Å². The van der Waals surface area contributed by atoms with E-state index in [2.05, 4.69) is 24.4 Å². The number of nitrogens with zero attached hydrogens (tertiary/aromatic N) is 1. The van der Waals surface area contributed by atoms with Gasteiger partial charge in [-0.3, -0.25) is 0 Å². The summed E-state index contributed by atoms with van der Waals surface area (Å²) in [6, 6.07) is 7.91. The first kappa shape index (κ1) is 15.9. The molecule has 1 aliphatic carbocycles. The van der Waals surface area contributed by atoms with Gasteiger partial charge in [0.2, 0.25) is 0 Å². The second kappa shape index (κ2) is 8.08. The molecule has 1 aromatic carbocycles. The predicted octanol–water partition coefficient (Wildman–Crippen LogP) is 4.37. The maximum absolute atomic E-state index is 12.4. The molecular formula is C17H23ClN2O. The van der Waals surface area contributed by atoms with Crippen LogP contribution in [0.3, 0.4) is 0 Å². The molecule has 0 aromatic heterocycles. The molecule has 1 aliphatic rings. The summed E-state index contributed by atoms with van der Waals surface area (Å²) in [5, 5.41) is 3.71. The van der Waals surface area contributed by atoms with Crippen LogP contribution in [-0.2, 0) is 6.54 Å². The Morgan fingerprint density at radius 3 is 2.76 bits per heavy atom. The summed E-state index contributed by atoms with van der Waals surface area (Å²) in [5.41, 5.74) is 1.10. The van der Waals surface area contributed by atoms with Gasteiger partial charge < -0.3 is 10.2 Å². The van der Waals surface area contributed by atoms with E-state index in [9.17, 15) is 4.79 Å². The van der Waals surface area contributed by atoms with Crippen LogP contribution in [0, 0.1) is 0 Å². The molecule has 4 heteroatoms. The van der Waals surface area contributed by atoms with Gasteiger partial charge in [-0.25, -0.2) is 4.79 Å². The van der Waals surface area contributed by atoms with Crippen molar-refractivity contribution in [2.75, 3.05) is 6.54 Å². The summed E-state index contributed by atoms with van der Waals surface area (Å²) in [6.45, 7) is 3.39. The Balaban J connectivity index is 2.10. The van der Waals surface area contributed by atoms with E-state index in [4.69, 9.17) is 11.6 Å². The molecule has 1 atom stereocenters. The second-order valence-electron chi connectivity index (χ2n) is 5.41. The molecule has 0 aliphatic heterocycles. The van der Waals surface area contributed by atoms with Crippen molar-refractivity contribution in [2.45, 2.75) is 45.2 Å². The fraction of sp³-hybridized carbons (Fsp3) is 0.471. The smallest absolute Gasteiger partial charge is 0.318 e. The summed E-state index contributed by atoms with van der Waals surface area (Å²) in [6.07, 6.45) is 8.56. The lowest BCUT2D eigenvalue weighted by molar-refractivity contribution is 0.177. The zero-order valence-electron chi connectivity index (χ0n) is 12.5. The van der Waals surface area contributed by atoms with E-state index in [-0.39, 0.29) is 12.1 Å². The summed E-state index contributed by atoms with van der Waals surface area (Å²) >= 11 is 5.92. The number of amides is 2. The zero-order valence-corrected chi connectivity index (χ0v) is 13.3. The molecule has 0 saturated carbocycles. The third-order valence-electron chi connectivity index (χ3n) is 3.68. The van der Waals surface area contributed by atoms with Crippen LogP contribution in [0.5, 0.6) is 0 Å². The third kappa shape index (κ3) is 4.78. The van der Waals surface area contributed by atoms with Crippen molar-refractivity contribution in [3.63, 3.8) is 0 Å². The normalized spacial score (nSPS) is 17.5. The van der Waals surface area contributed by atoms with Gasteiger partial charge in [-0.1, -0.05) is 42.8 Å². The number of nitrogens with one attached hydrogen (secondary N) is 1. The van der Waals surface area contributed by atoms with Crippen molar-refractivity contribution in [2.24, 2.45) is 0 Å². The van der Waals surface area contributed by atoms with Crippen LogP contribution in [0.4, 0.5) is 4.79 Å². The van der Waals surface area contributed by atoms with Crippen LogP contribution < -0.4 is 5.32 Å². The van der Waals surface area contributed by atoms with Crippen LogP contribution in [0.15, 0.2) is 36.4 Å². The van der Waals surface area contributed by atoms with Gasteiger partial charge in [0.25, 0.3) is 0 Å². The summed E-state index contributed by atoms with van der Waals surface area (Å²) in [4.78, 5) is 14.4. The molecule has 1 unspecified atom stereocenters. The minimum Gasteiger partial charge on any atom is -0.338 e. The quantitative estimate of drug-likeness (QED) is 0.805. The van der Waals surface area contributed by atoms with Crippen LogP contribution in [0.1, 0.15) is 38.2 Å². The highest BCUT2D eigenvalue weighted by Gasteiger charge is 2.22. The fourth-order valence-electron chi connectivity index (χ4n) is 2.51. The minimum atomic E-state index is 0.0170. The average molecular weight is 307 g/mol. The first-order valence-electron chi connectivity index (χ1n) is 7.66. The molecule has 2 rings (SSSR count). The Morgan fingerprint density at radius 2 is 2.14 bits per heavy atom. The molecule has 0 fully saturated rings. The van der Waals surface area contributed by atoms with Gasteiger partial charge in [0.15, 0.2) is 0 Å². The number of hydrogen-bond acceptors (Lipinski definition) is 1. The monoisotopic (exact) mass is 306 g/mol. The SMILES string of the molecule is CCCNC(=O)N(Cc1ccc(Cl)cc1)C1C=CCCC1. The summed E-state index contributed by atoms with van der Waals surface area (Å²) in [5.74, 6) is 0. The Labute approximate surface area is 132 Å². The van der Waals surface area contributed by atoms with Gasteiger partial charge >= 0.3 is 6.03 Å². The highest BCUT2D eigenvalue weighted by molar-refractivity contribution is 6.30. The number of halogens is 1. The first-order valence-corrected chi connectivity index (χ1v) is 8.04. The average Bonchev–Trinajstić information content (AvgIpc) is 2.53. The molecule has 114 valence electrons. The van der Waals surface area contributed by atoms with E-state index in [0.717, 1.165) is 36.3 Å². The molecule has 1 N–H and O–H groups in total. The number of carbonyl (C=O) groups is 1. The molecule has 1 aromatic rings. The van der Waals surface area contributed by atoms with Gasteiger partial charge in [-0.2, -0.15) is 0 Å². The highest BCUT2D eigenvalue weighted by atomic mass is 35.5. The third-order valence-corrected chi connectivity index (χ3v) is 3.93. The van der Waals surface area contributed by atoms with Gasteiger partial charge in [-0.15, -0.1) is 0 Å². The lowest BCUT2D eigenvalue weighted by Gasteiger charge is -2.31. The van der Waals surface area contributed by atoms with Crippen LogP contribution in [0.25, 0.3) is 0 Å². The molecule has 0 saturated heterocycles. The summed E-state index contributed by atoms with van der Waals surface area (Å²) in [7, 11) is 0. The van der Waals surface area contributed by atoms with Gasteiger partial charge in [-0.05, 0) is 43.4 Å². The number of hydrogen-bond donors (Lipinski definition) is 1. The molecule has 0 spiro atoms. The van der Waals surface area contributed by atoms with Crippen molar-refractivity contribution in [3.8, 4) is 0 Å². The molecular weight excluding hydrogens is 284 g/mol. The first-order chi connectivity index (χ1) is 10.2. The standard InChI is InChI=1S/C17H23ClN2O/c1-2-12-19-17(21)20(16-6-4-3-5-7-16)13-14-8-10-15(18)11-9-14/h4,6,8-11,16H,2-3,5,7,12-13H2,1H3,(H,19,21). The van der Waals surface area contributed by atoms with Crippen LogP contribution >= 0.6 is 11.6 Å². The number of rotatable bonds is 5. The van der Waals surface area contributed by atoms with E-state index in [1.54, 1.807) is 0 Å². The zero-order chi connectivity index (χ0) is 15.1. The molecule has 21 heavy (non-hydrogen) atoms. The van der Waals surface area contributed by atoms with Crippen molar-refractivity contribution >= 4 is 17.6 Å². The number of allylic oxidation sites excluding steroid dienone is 1. The minimum absolute atomic E-state index is 0.0170. The number of urea groups is 1. The number of benzene rings is 1. The lowest BCUT2D eigenvalue weighted by Crippen LogP contribution is -2.45. The molecule has 0 radical (unpaired) electrons.